The van der Waals surface area contributed by atoms with Crippen molar-refractivity contribution in [3.8, 4) is 0 Å². The van der Waals surface area contributed by atoms with Crippen LogP contribution in [0.25, 0.3) is 0 Å². The van der Waals surface area contributed by atoms with Crippen LogP contribution in [0, 0.1) is 0 Å². The fourth-order valence-corrected chi connectivity index (χ4v) is 1.93. The van der Waals surface area contributed by atoms with Crippen LogP contribution in [-0.4, -0.2) is 17.3 Å². The predicted octanol–water partition coefficient (Wildman–Crippen LogP) is 2.77. The van der Waals surface area contributed by atoms with Crippen molar-refractivity contribution < 1.29 is 14.3 Å². The maximum Gasteiger partial charge on any atom is 0.299 e. The van der Waals surface area contributed by atoms with Gasteiger partial charge in [0.25, 0.3) is 6.47 Å². The molecule has 0 N–H and O–H groups in total. The molecular weight excluding hydrogens is 260 g/mol. The number of benzene rings is 2. The first-order chi connectivity index (χ1) is 9.24. The molecule has 2 aromatic carbocycles. The normalized spacial score (nSPS) is 9.68. The average Bonchev–Trinajstić information content (AvgIpc) is 2.47. The highest BCUT2D eigenvalue weighted by Gasteiger charge is 2.16. The minimum atomic E-state index is -0.159. The first-order valence-electron chi connectivity index (χ1n) is 5.57. The second-order valence-electron chi connectivity index (χ2n) is 3.74. The molecule has 4 heteroatoms. The number of carbonyl (C=O) groups is 2. The van der Waals surface area contributed by atoms with Gasteiger partial charge in [-0.1, -0.05) is 48.5 Å². The lowest BCUT2D eigenvalue weighted by molar-refractivity contribution is -0.121. The molecule has 0 atom stereocenters. The lowest BCUT2D eigenvalue weighted by Gasteiger charge is -2.08. The van der Waals surface area contributed by atoms with Gasteiger partial charge >= 0.3 is 0 Å². The number of hydrogen-bond donors (Lipinski definition) is 0. The fraction of sp³-hybridized carbons (Fsp3) is 0. The number of rotatable bonds is 4. The molecule has 0 aliphatic rings. The van der Waals surface area contributed by atoms with Gasteiger partial charge in [-0.25, -0.2) is 0 Å². The van der Waals surface area contributed by atoms with E-state index >= 15 is 0 Å². The van der Waals surface area contributed by atoms with E-state index in [0.29, 0.717) is 16.7 Å². The molecule has 0 aromatic heterocycles. The van der Waals surface area contributed by atoms with Crippen molar-refractivity contribution >= 4 is 29.5 Å². The van der Waals surface area contributed by atoms with E-state index in [1.807, 2.05) is 6.07 Å². The van der Waals surface area contributed by atoms with E-state index in [-0.39, 0.29) is 17.3 Å². The summed E-state index contributed by atoms with van der Waals surface area (Å²) >= 11 is 4.97. The van der Waals surface area contributed by atoms with E-state index in [1.165, 1.54) is 0 Å². The van der Waals surface area contributed by atoms with E-state index in [0.717, 1.165) is 0 Å². The third kappa shape index (κ3) is 2.92. The number of carbonyl (C=O) groups excluding carboxylic acids is 2. The summed E-state index contributed by atoms with van der Waals surface area (Å²) in [6, 6.07) is 15.6. The second-order valence-corrected chi connectivity index (χ2v) is 4.11. The Labute approximate surface area is 115 Å². The van der Waals surface area contributed by atoms with Gasteiger partial charge in [0.2, 0.25) is 5.05 Å². The molecule has 0 bridgehead atoms. The maximum absolute atomic E-state index is 12.4. The minimum absolute atomic E-state index is 0.00474. The van der Waals surface area contributed by atoms with Crippen molar-refractivity contribution in [2.24, 2.45) is 0 Å². The predicted molar refractivity (Wildman–Crippen MR) is 75.2 cm³/mol. The summed E-state index contributed by atoms with van der Waals surface area (Å²) in [6.07, 6.45) is 0. The first-order valence-corrected chi connectivity index (χ1v) is 5.98. The Morgan fingerprint density at radius 2 is 1.53 bits per heavy atom. The van der Waals surface area contributed by atoms with E-state index in [9.17, 15) is 9.59 Å². The van der Waals surface area contributed by atoms with Crippen LogP contribution in [-0.2, 0) is 9.53 Å². The minimum Gasteiger partial charge on any atom is -0.416 e. The lowest BCUT2D eigenvalue weighted by Crippen LogP contribution is -2.11. The van der Waals surface area contributed by atoms with Crippen molar-refractivity contribution in [2.75, 3.05) is 0 Å². The van der Waals surface area contributed by atoms with Gasteiger partial charge in [0, 0.05) is 16.7 Å². The molecule has 0 saturated heterocycles. The van der Waals surface area contributed by atoms with Gasteiger partial charge in [0.1, 0.15) is 0 Å². The Bertz CT molecular complexity index is 620. The zero-order valence-electron chi connectivity index (χ0n) is 9.91. The largest absolute Gasteiger partial charge is 0.416 e. The van der Waals surface area contributed by atoms with Crippen molar-refractivity contribution in [3.63, 3.8) is 0 Å². The Hall–Kier alpha value is -2.33. The van der Waals surface area contributed by atoms with Gasteiger partial charge in [-0.05, 0) is 18.3 Å². The van der Waals surface area contributed by atoms with Crippen molar-refractivity contribution in [2.45, 2.75) is 0 Å². The molecule has 0 heterocycles. The van der Waals surface area contributed by atoms with Crippen LogP contribution < -0.4 is 0 Å². The number of thiocarbonyl (C=S) groups is 1. The van der Waals surface area contributed by atoms with Gasteiger partial charge in [-0.15, -0.1) is 0 Å². The first kappa shape index (κ1) is 13.1. The molecule has 2 rings (SSSR count). The second kappa shape index (κ2) is 6.02. The maximum atomic E-state index is 12.4. The summed E-state index contributed by atoms with van der Waals surface area (Å²) in [5.74, 6) is -0.159. The Morgan fingerprint density at radius 1 is 0.947 bits per heavy atom. The molecule has 0 aliphatic carbocycles. The van der Waals surface area contributed by atoms with Crippen LogP contribution in [0.2, 0.25) is 0 Å². The standard InChI is InChI=1S/C15H10O3S/c16-10-18-15(19)13-9-5-4-8-12(13)14(17)11-6-2-1-3-7-11/h1-10H. The van der Waals surface area contributed by atoms with E-state index in [1.54, 1.807) is 48.5 Å². The van der Waals surface area contributed by atoms with Crippen LogP contribution in [0.5, 0.6) is 0 Å². The van der Waals surface area contributed by atoms with Gasteiger partial charge in [0.15, 0.2) is 5.78 Å². The lowest BCUT2D eigenvalue weighted by atomic mass is 9.99. The highest BCUT2D eigenvalue weighted by atomic mass is 32.1. The summed E-state index contributed by atoms with van der Waals surface area (Å²) in [7, 11) is 0. The summed E-state index contributed by atoms with van der Waals surface area (Å²) in [5.41, 5.74) is 1.42. The summed E-state index contributed by atoms with van der Waals surface area (Å²) < 4.78 is 4.65. The van der Waals surface area contributed by atoms with Crippen molar-refractivity contribution in [1.29, 1.82) is 0 Å². The van der Waals surface area contributed by atoms with E-state index < -0.39 is 0 Å². The van der Waals surface area contributed by atoms with Crippen LogP contribution in [0.15, 0.2) is 54.6 Å². The highest BCUT2D eigenvalue weighted by Crippen LogP contribution is 2.16. The SMILES string of the molecule is O=COC(=S)c1ccccc1C(=O)c1ccccc1. The fourth-order valence-electron chi connectivity index (χ4n) is 1.71. The molecule has 0 unspecified atom stereocenters. The average molecular weight is 270 g/mol. The van der Waals surface area contributed by atoms with Gasteiger partial charge in [0.05, 0.1) is 0 Å². The van der Waals surface area contributed by atoms with Gasteiger partial charge < -0.3 is 4.74 Å². The molecule has 0 spiro atoms. The molecule has 0 fully saturated rings. The van der Waals surface area contributed by atoms with Crippen LogP contribution in [0.1, 0.15) is 21.5 Å². The molecule has 0 radical (unpaired) electrons. The smallest absolute Gasteiger partial charge is 0.299 e. The molecule has 2 aromatic rings. The van der Waals surface area contributed by atoms with E-state index in [2.05, 4.69) is 4.74 Å². The van der Waals surface area contributed by atoms with E-state index in [4.69, 9.17) is 12.2 Å². The van der Waals surface area contributed by atoms with Crippen molar-refractivity contribution in [1.82, 2.24) is 0 Å². The Balaban J connectivity index is 2.43. The molecule has 94 valence electrons. The summed E-state index contributed by atoms with van der Waals surface area (Å²) in [4.78, 5) is 22.7. The Morgan fingerprint density at radius 3 is 2.16 bits per heavy atom. The van der Waals surface area contributed by atoms with Crippen LogP contribution in [0.3, 0.4) is 0 Å². The zero-order valence-corrected chi connectivity index (χ0v) is 10.7. The van der Waals surface area contributed by atoms with Crippen molar-refractivity contribution in [3.05, 3.63) is 71.3 Å². The molecular formula is C15H10O3S. The van der Waals surface area contributed by atoms with Crippen LogP contribution >= 0.6 is 12.2 Å². The Kier molecular flexibility index (Phi) is 4.15. The monoisotopic (exact) mass is 270 g/mol. The topological polar surface area (TPSA) is 43.4 Å². The van der Waals surface area contributed by atoms with Gasteiger partial charge in [-0.2, -0.15) is 0 Å². The number of ether oxygens (including phenoxy) is 1. The quantitative estimate of drug-likeness (QED) is 0.487. The van der Waals surface area contributed by atoms with Gasteiger partial charge in [-0.3, -0.25) is 9.59 Å². The summed E-state index contributed by atoms with van der Waals surface area (Å²) in [5, 5.41) is -0.00474. The zero-order chi connectivity index (χ0) is 13.7. The number of ketones is 1. The molecule has 0 aliphatic heterocycles. The third-order valence-electron chi connectivity index (χ3n) is 2.58. The molecule has 3 nitrogen and oxygen atoms in total. The summed E-state index contributed by atoms with van der Waals surface area (Å²) in [6.45, 7) is 0.256. The number of hydrogen-bond acceptors (Lipinski definition) is 4. The molecule has 0 saturated carbocycles. The van der Waals surface area contributed by atoms with Crippen LogP contribution in [0.4, 0.5) is 0 Å². The molecule has 19 heavy (non-hydrogen) atoms. The highest BCUT2D eigenvalue weighted by molar-refractivity contribution is 7.80. The molecule has 0 amide bonds. The third-order valence-corrected chi connectivity index (χ3v) is 2.90.